The van der Waals surface area contributed by atoms with Crippen molar-refractivity contribution in [3.05, 3.63) is 58.6 Å². The zero-order chi connectivity index (χ0) is 18.8. The SMILES string of the molecule is CCOc1cc(/C=N/NC(=O)CC#N)ccc1OCc1ccc(Cl)cc1. The van der Waals surface area contributed by atoms with Gasteiger partial charge in [0.15, 0.2) is 11.5 Å². The summed E-state index contributed by atoms with van der Waals surface area (Å²) in [5.74, 6) is 0.720. The lowest BCUT2D eigenvalue weighted by Gasteiger charge is -2.12. The minimum atomic E-state index is -0.461. The lowest BCUT2D eigenvalue weighted by molar-refractivity contribution is -0.120. The molecule has 26 heavy (non-hydrogen) atoms. The summed E-state index contributed by atoms with van der Waals surface area (Å²) in [7, 11) is 0. The van der Waals surface area contributed by atoms with Gasteiger partial charge in [-0.3, -0.25) is 4.79 Å². The van der Waals surface area contributed by atoms with Crippen molar-refractivity contribution >= 4 is 23.7 Å². The molecule has 6 nitrogen and oxygen atoms in total. The smallest absolute Gasteiger partial charge is 0.254 e. The molecule has 2 aromatic carbocycles. The molecule has 0 atom stereocenters. The van der Waals surface area contributed by atoms with Crippen LogP contribution in [-0.4, -0.2) is 18.7 Å². The van der Waals surface area contributed by atoms with Gasteiger partial charge in [0.1, 0.15) is 13.0 Å². The fourth-order valence-electron chi connectivity index (χ4n) is 2.02. The molecule has 0 unspecified atom stereocenters. The van der Waals surface area contributed by atoms with Crippen LogP contribution >= 0.6 is 11.6 Å². The fraction of sp³-hybridized carbons (Fsp3) is 0.211. The molecule has 0 aliphatic heterocycles. The summed E-state index contributed by atoms with van der Waals surface area (Å²) in [5, 5.41) is 12.9. The maximum Gasteiger partial charge on any atom is 0.254 e. The average Bonchev–Trinajstić information content (AvgIpc) is 2.63. The van der Waals surface area contributed by atoms with E-state index in [1.807, 2.05) is 31.2 Å². The summed E-state index contributed by atoms with van der Waals surface area (Å²) >= 11 is 5.88. The molecule has 1 N–H and O–H groups in total. The molecule has 0 heterocycles. The Bertz CT molecular complexity index is 814. The number of carbonyl (C=O) groups is 1. The zero-order valence-corrected chi connectivity index (χ0v) is 15.0. The number of ether oxygens (including phenoxy) is 2. The first-order valence-electron chi connectivity index (χ1n) is 7.95. The number of hydrogen-bond donors (Lipinski definition) is 1. The van der Waals surface area contributed by atoms with Gasteiger partial charge in [-0.05, 0) is 48.4 Å². The van der Waals surface area contributed by atoms with Crippen LogP contribution in [0.2, 0.25) is 5.02 Å². The van der Waals surface area contributed by atoms with Gasteiger partial charge in [0.2, 0.25) is 0 Å². The molecule has 0 radical (unpaired) electrons. The highest BCUT2D eigenvalue weighted by molar-refractivity contribution is 6.30. The molecule has 2 aromatic rings. The molecule has 0 spiro atoms. The number of halogens is 1. The van der Waals surface area contributed by atoms with Gasteiger partial charge in [-0.25, -0.2) is 5.43 Å². The number of nitrogens with zero attached hydrogens (tertiary/aromatic N) is 2. The van der Waals surface area contributed by atoms with E-state index in [-0.39, 0.29) is 6.42 Å². The molecule has 0 saturated heterocycles. The van der Waals surface area contributed by atoms with Crippen molar-refractivity contribution in [3.8, 4) is 17.6 Å². The minimum Gasteiger partial charge on any atom is -0.490 e. The summed E-state index contributed by atoms with van der Waals surface area (Å²) in [6.07, 6.45) is 1.24. The Labute approximate surface area is 157 Å². The van der Waals surface area contributed by atoms with Gasteiger partial charge in [-0.1, -0.05) is 23.7 Å². The second-order valence-corrected chi connectivity index (χ2v) is 5.62. The predicted molar refractivity (Wildman–Crippen MR) is 99.4 cm³/mol. The van der Waals surface area contributed by atoms with Crippen molar-refractivity contribution in [2.24, 2.45) is 5.10 Å². The fourth-order valence-corrected chi connectivity index (χ4v) is 2.15. The number of benzene rings is 2. The molecule has 0 aliphatic rings. The number of hydrogen-bond acceptors (Lipinski definition) is 5. The van der Waals surface area contributed by atoms with Gasteiger partial charge in [-0.2, -0.15) is 10.4 Å². The maximum atomic E-state index is 11.2. The number of carbonyl (C=O) groups excluding carboxylic acids is 1. The number of nitrogens with one attached hydrogen (secondary N) is 1. The minimum absolute atomic E-state index is 0.237. The molecule has 1 amide bonds. The van der Waals surface area contributed by atoms with Crippen LogP contribution in [0.15, 0.2) is 47.6 Å². The van der Waals surface area contributed by atoms with Gasteiger partial charge in [0.05, 0.1) is 18.9 Å². The van der Waals surface area contributed by atoms with E-state index in [1.54, 1.807) is 24.3 Å². The van der Waals surface area contributed by atoms with E-state index in [0.29, 0.717) is 29.7 Å². The number of hydrazone groups is 1. The van der Waals surface area contributed by atoms with Crippen LogP contribution in [0.1, 0.15) is 24.5 Å². The summed E-state index contributed by atoms with van der Waals surface area (Å²) < 4.78 is 11.4. The molecular formula is C19H18ClN3O3. The van der Waals surface area contributed by atoms with Gasteiger partial charge in [0.25, 0.3) is 5.91 Å². The normalized spacial score (nSPS) is 10.3. The summed E-state index contributed by atoms with van der Waals surface area (Å²) in [5.41, 5.74) is 3.99. The van der Waals surface area contributed by atoms with Crippen LogP contribution in [0.25, 0.3) is 0 Å². The third-order valence-electron chi connectivity index (χ3n) is 3.22. The van der Waals surface area contributed by atoms with Crippen molar-refractivity contribution < 1.29 is 14.3 Å². The maximum absolute atomic E-state index is 11.2. The van der Waals surface area contributed by atoms with Gasteiger partial charge in [0, 0.05) is 5.02 Å². The largest absolute Gasteiger partial charge is 0.490 e. The van der Waals surface area contributed by atoms with Gasteiger partial charge >= 0.3 is 0 Å². The first-order chi connectivity index (χ1) is 12.6. The Morgan fingerprint density at radius 3 is 2.69 bits per heavy atom. The molecule has 0 aliphatic carbocycles. The highest BCUT2D eigenvalue weighted by Crippen LogP contribution is 2.29. The van der Waals surface area contributed by atoms with Crippen LogP contribution in [0.5, 0.6) is 11.5 Å². The Hall–Kier alpha value is -3.04. The lowest BCUT2D eigenvalue weighted by Crippen LogP contribution is -2.16. The van der Waals surface area contributed by atoms with Crippen molar-refractivity contribution in [1.29, 1.82) is 5.26 Å². The van der Waals surface area contributed by atoms with E-state index >= 15 is 0 Å². The summed E-state index contributed by atoms with van der Waals surface area (Å²) in [6, 6.07) is 14.5. The molecule has 0 aromatic heterocycles. The first-order valence-corrected chi connectivity index (χ1v) is 8.33. The second kappa shape index (κ2) is 10.1. The Kier molecular flexibility index (Phi) is 7.47. The van der Waals surface area contributed by atoms with E-state index in [9.17, 15) is 4.79 Å². The molecule has 2 rings (SSSR count). The molecule has 7 heteroatoms. The number of rotatable bonds is 8. The summed E-state index contributed by atoms with van der Waals surface area (Å²) in [4.78, 5) is 11.2. The van der Waals surface area contributed by atoms with Crippen LogP contribution in [-0.2, 0) is 11.4 Å². The van der Waals surface area contributed by atoms with Crippen molar-refractivity contribution in [2.45, 2.75) is 20.0 Å². The van der Waals surface area contributed by atoms with Crippen molar-refractivity contribution in [3.63, 3.8) is 0 Å². The Balaban J connectivity index is 2.05. The van der Waals surface area contributed by atoms with Crippen LogP contribution in [0.3, 0.4) is 0 Å². The molecular weight excluding hydrogens is 354 g/mol. The average molecular weight is 372 g/mol. The number of nitriles is 1. The predicted octanol–water partition coefficient (Wildman–Crippen LogP) is 3.68. The van der Waals surface area contributed by atoms with Crippen LogP contribution in [0, 0.1) is 11.3 Å². The summed E-state index contributed by atoms with van der Waals surface area (Å²) in [6.45, 7) is 2.75. The first kappa shape index (κ1) is 19.3. The van der Waals surface area contributed by atoms with E-state index < -0.39 is 5.91 Å². The molecule has 134 valence electrons. The Morgan fingerprint density at radius 2 is 2.00 bits per heavy atom. The second-order valence-electron chi connectivity index (χ2n) is 5.18. The number of amides is 1. The molecule has 0 saturated carbocycles. The molecule has 0 bridgehead atoms. The van der Waals surface area contributed by atoms with E-state index in [0.717, 1.165) is 11.1 Å². The van der Waals surface area contributed by atoms with Crippen LogP contribution in [0.4, 0.5) is 0 Å². The highest BCUT2D eigenvalue weighted by atomic mass is 35.5. The lowest BCUT2D eigenvalue weighted by atomic mass is 10.2. The van der Waals surface area contributed by atoms with E-state index in [1.165, 1.54) is 6.21 Å². The quantitative estimate of drug-likeness (QED) is 0.566. The highest BCUT2D eigenvalue weighted by Gasteiger charge is 2.07. The third-order valence-corrected chi connectivity index (χ3v) is 3.47. The standard InChI is InChI=1S/C19H18ClN3O3/c1-2-25-18-11-15(12-22-23-19(24)9-10-21)5-8-17(18)26-13-14-3-6-16(20)7-4-14/h3-8,11-12H,2,9,13H2,1H3,(H,23,24)/b22-12+. The van der Waals surface area contributed by atoms with Crippen molar-refractivity contribution in [1.82, 2.24) is 5.43 Å². The zero-order valence-electron chi connectivity index (χ0n) is 14.2. The van der Waals surface area contributed by atoms with Crippen molar-refractivity contribution in [2.75, 3.05) is 6.61 Å². The van der Waals surface area contributed by atoms with Gasteiger partial charge < -0.3 is 9.47 Å². The topological polar surface area (TPSA) is 83.7 Å². The Morgan fingerprint density at radius 1 is 1.23 bits per heavy atom. The monoisotopic (exact) mass is 371 g/mol. The molecule has 0 fully saturated rings. The van der Waals surface area contributed by atoms with E-state index in [4.69, 9.17) is 26.3 Å². The third kappa shape index (κ3) is 6.11. The van der Waals surface area contributed by atoms with Crippen LogP contribution < -0.4 is 14.9 Å². The van der Waals surface area contributed by atoms with E-state index in [2.05, 4.69) is 10.5 Å². The van der Waals surface area contributed by atoms with Gasteiger partial charge in [-0.15, -0.1) is 0 Å².